The molecule has 2 fully saturated rings. The van der Waals surface area contributed by atoms with Crippen LogP contribution in [0.3, 0.4) is 0 Å². The quantitative estimate of drug-likeness (QED) is 0.890. The van der Waals surface area contributed by atoms with Gasteiger partial charge in [0, 0.05) is 18.4 Å². The van der Waals surface area contributed by atoms with E-state index < -0.39 is 11.4 Å². The summed E-state index contributed by atoms with van der Waals surface area (Å²) < 4.78 is 0. The Hall–Kier alpha value is -1.84. The van der Waals surface area contributed by atoms with Crippen molar-refractivity contribution in [2.45, 2.75) is 44.1 Å². The molecular formula is C17H19NO3. The van der Waals surface area contributed by atoms with E-state index in [1.54, 1.807) is 0 Å². The van der Waals surface area contributed by atoms with Gasteiger partial charge < -0.3 is 10.4 Å². The molecule has 2 N–H and O–H groups in total. The van der Waals surface area contributed by atoms with Gasteiger partial charge in [0.2, 0.25) is 5.91 Å². The zero-order valence-corrected chi connectivity index (χ0v) is 11.8. The van der Waals surface area contributed by atoms with E-state index in [1.165, 1.54) is 11.1 Å². The highest BCUT2D eigenvalue weighted by molar-refractivity contribution is 5.86. The fourth-order valence-electron chi connectivity index (χ4n) is 4.16. The fraction of sp³-hybridized carbons (Fsp3) is 0.529. The summed E-state index contributed by atoms with van der Waals surface area (Å²) in [6.07, 6.45) is 3.36. The largest absolute Gasteiger partial charge is 0.481 e. The van der Waals surface area contributed by atoms with Crippen LogP contribution in [-0.4, -0.2) is 23.0 Å². The van der Waals surface area contributed by atoms with Crippen LogP contribution < -0.4 is 5.32 Å². The molecule has 110 valence electrons. The second kappa shape index (κ2) is 4.33. The average Bonchev–Trinajstić information content (AvgIpc) is 2.92. The minimum Gasteiger partial charge on any atom is -0.481 e. The van der Waals surface area contributed by atoms with Crippen LogP contribution in [0.4, 0.5) is 0 Å². The lowest BCUT2D eigenvalue weighted by Crippen LogP contribution is -2.43. The molecule has 1 aromatic rings. The van der Waals surface area contributed by atoms with Gasteiger partial charge in [-0.1, -0.05) is 30.7 Å². The molecule has 4 nitrogen and oxygen atoms in total. The molecule has 0 spiro atoms. The first-order valence-electron chi connectivity index (χ1n) is 7.71. The van der Waals surface area contributed by atoms with Gasteiger partial charge >= 0.3 is 5.97 Å². The van der Waals surface area contributed by atoms with E-state index in [9.17, 15) is 14.7 Å². The van der Waals surface area contributed by atoms with Gasteiger partial charge in [0.25, 0.3) is 0 Å². The number of fused-ring (bicyclic) bond motifs is 3. The number of aliphatic carboxylic acids is 1. The zero-order valence-electron chi connectivity index (χ0n) is 11.8. The molecule has 3 atom stereocenters. The third-order valence-corrected chi connectivity index (χ3v) is 5.63. The number of nitrogens with one attached hydrogen (secondary N) is 1. The Balaban J connectivity index is 1.39. The Morgan fingerprint density at radius 3 is 2.71 bits per heavy atom. The maximum atomic E-state index is 12.2. The predicted molar refractivity (Wildman–Crippen MR) is 76.8 cm³/mol. The van der Waals surface area contributed by atoms with Gasteiger partial charge in [0.1, 0.15) is 0 Å². The van der Waals surface area contributed by atoms with Crippen molar-refractivity contribution in [1.82, 2.24) is 5.32 Å². The molecule has 0 bridgehead atoms. The van der Waals surface area contributed by atoms with Crippen molar-refractivity contribution >= 4 is 11.9 Å². The molecule has 4 rings (SSSR count). The number of carboxylic acid groups (broad SMARTS) is 1. The molecule has 1 amide bonds. The second-order valence-electron chi connectivity index (χ2n) is 6.80. The molecule has 1 aromatic carbocycles. The lowest BCUT2D eigenvalue weighted by Gasteiger charge is -2.37. The summed E-state index contributed by atoms with van der Waals surface area (Å²) in [4.78, 5) is 23.5. The maximum absolute atomic E-state index is 12.2. The predicted octanol–water partition coefficient (Wildman–Crippen LogP) is 2.09. The molecule has 0 radical (unpaired) electrons. The van der Waals surface area contributed by atoms with Crippen LogP contribution in [0.2, 0.25) is 0 Å². The van der Waals surface area contributed by atoms with E-state index in [0.29, 0.717) is 24.7 Å². The molecule has 0 aliphatic heterocycles. The number of carbonyl (C=O) groups excluding carboxylic acids is 1. The number of carboxylic acids is 1. The van der Waals surface area contributed by atoms with Gasteiger partial charge in [-0.05, 0) is 36.3 Å². The van der Waals surface area contributed by atoms with E-state index in [4.69, 9.17) is 0 Å². The van der Waals surface area contributed by atoms with Gasteiger partial charge in [0.15, 0.2) is 0 Å². The number of hydrogen-bond donors (Lipinski definition) is 2. The smallest absolute Gasteiger partial charge is 0.310 e. The maximum Gasteiger partial charge on any atom is 0.310 e. The summed E-state index contributed by atoms with van der Waals surface area (Å²) >= 11 is 0. The Kier molecular flexibility index (Phi) is 2.65. The second-order valence-corrected chi connectivity index (χ2v) is 6.80. The van der Waals surface area contributed by atoms with E-state index in [0.717, 1.165) is 12.8 Å². The number of rotatable bonds is 4. The minimum atomic E-state index is -0.815. The molecule has 3 unspecified atom stereocenters. The first-order chi connectivity index (χ1) is 10.1. The van der Waals surface area contributed by atoms with Crippen LogP contribution >= 0.6 is 0 Å². The number of hydrogen-bond acceptors (Lipinski definition) is 2. The molecule has 0 aromatic heterocycles. The molecule has 2 saturated carbocycles. The Bertz CT molecular complexity index is 620. The highest BCUT2D eigenvalue weighted by Gasteiger charge is 2.56. The van der Waals surface area contributed by atoms with Crippen molar-refractivity contribution in [1.29, 1.82) is 0 Å². The number of benzene rings is 1. The van der Waals surface area contributed by atoms with Gasteiger partial charge in [-0.3, -0.25) is 9.59 Å². The SMILES string of the molecule is O=C(CC1(C(=O)O)CCC1)NC1C2Cc3ccccc3C21. The molecule has 3 aliphatic rings. The summed E-state index contributed by atoms with van der Waals surface area (Å²) in [7, 11) is 0. The molecule has 0 heterocycles. The molecule has 4 heteroatoms. The lowest BCUT2D eigenvalue weighted by atomic mass is 9.66. The van der Waals surface area contributed by atoms with E-state index in [1.807, 2.05) is 6.07 Å². The van der Waals surface area contributed by atoms with Crippen molar-refractivity contribution in [3.05, 3.63) is 35.4 Å². The summed E-state index contributed by atoms with van der Waals surface area (Å²) in [5.41, 5.74) is 1.98. The Labute approximate surface area is 123 Å². The fourth-order valence-corrected chi connectivity index (χ4v) is 4.16. The highest BCUT2D eigenvalue weighted by atomic mass is 16.4. The van der Waals surface area contributed by atoms with E-state index >= 15 is 0 Å². The van der Waals surface area contributed by atoms with Gasteiger partial charge in [-0.25, -0.2) is 0 Å². The van der Waals surface area contributed by atoms with Crippen molar-refractivity contribution in [3.63, 3.8) is 0 Å². The molecule has 0 saturated heterocycles. The first-order valence-corrected chi connectivity index (χ1v) is 7.71. The lowest BCUT2D eigenvalue weighted by molar-refractivity contribution is -0.157. The standard InChI is InChI=1S/C17H19NO3/c19-13(9-17(16(20)21)6-3-7-17)18-15-12-8-10-4-1-2-5-11(10)14(12)15/h1-2,4-5,12,14-15H,3,6-9H2,(H,18,19)(H,20,21). The van der Waals surface area contributed by atoms with E-state index in [2.05, 4.69) is 23.5 Å². The molecular weight excluding hydrogens is 266 g/mol. The monoisotopic (exact) mass is 285 g/mol. The average molecular weight is 285 g/mol. The van der Waals surface area contributed by atoms with Gasteiger partial charge in [0.05, 0.1) is 5.41 Å². The third kappa shape index (κ3) is 1.88. The summed E-state index contributed by atoms with van der Waals surface area (Å²) in [6.45, 7) is 0. The van der Waals surface area contributed by atoms with Crippen molar-refractivity contribution in [3.8, 4) is 0 Å². The minimum absolute atomic E-state index is 0.0889. The third-order valence-electron chi connectivity index (χ3n) is 5.63. The van der Waals surface area contributed by atoms with Crippen LogP contribution in [-0.2, 0) is 16.0 Å². The van der Waals surface area contributed by atoms with Crippen molar-refractivity contribution in [2.24, 2.45) is 11.3 Å². The summed E-state index contributed by atoms with van der Waals surface area (Å²) in [5.74, 6) is 0.0695. The first kappa shape index (κ1) is 12.9. The van der Waals surface area contributed by atoms with Crippen molar-refractivity contribution in [2.75, 3.05) is 0 Å². The number of amides is 1. The van der Waals surface area contributed by atoms with Gasteiger partial charge in [-0.2, -0.15) is 0 Å². The number of carbonyl (C=O) groups is 2. The van der Waals surface area contributed by atoms with Crippen LogP contribution in [0.25, 0.3) is 0 Å². The van der Waals surface area contributed by atoms with Crippen LogP contribution in [0, 0.1) is 11.3 Å². The van der Waals surface area contributed by atoms with Crippen LogP contribution in [0.1, 0.15) is 42.7 Å². The zero-order chi connectivity index (χ0) is 14.6. The van der Waals surface area contributed by atoms with Crippen LogP contribution in [0.15, 0.2) is 24.3 Å². The highest BCUT2D eigenvalue weighted by Crippen LogP contribution is 2.56. The Morgan fingerprint density at radius 1 is 1.29 bits per heavy atom. The molecule has 21 heavy (non-hydrogen) atoms. The normalized spacial score (nSPS) is 30.8. The van der Waals surface area contributed by atoms with E-state index in [-0.39, 0.29) is 18.4 Å². The van der Waals surface area contributed by atoms with Crippen molar-refractivity contribution < 1.29 is 14.7 Å². The van der Waals surface area contributed by atoms with Crippen LogP contribution in [0.5, 0.6) is 0 Å². The summed E-state index contributed by atoms with van der Waals surface area (Å²) in [6, 6.07) is 8.64. The molecule has 3 aliphatic carbocycles. The summed E-state index contributed by atoms with van der Waals surface area (Å²) in [5, 5.41) is 12.4. The topological polar surface area (TPSA) is 66.4 Å². The Morgan fingerprint density at radius 2 is 2.05 bits per heavy atom. The van der Waals surface area contributed by atoms with Gasteiger partial charge in [-0.15, -0.1) is 0 Å².